The van der Waals surface area contributed by atoms with Crippen molar-refractivity contribution in [1.82, 2.24) is 4.90 Å². The zero-order valence-electron chi connectivity index (χ0n) is 27.6. The molecule has 10 heteroatoms. The van der Waals surface area contributed by atoms with Gasteiger partial charge in [0.15, 0.2) is 0 Å². The van der Waals surface area contributed by atoms with Crippen LogP contribution in [0, 0.1) is 12.3 Å². The molecule has 0 radical (unpaired) electrons. The Balaban J connectivity index is 1.85. The average Bonchev–Trinajstić information content (AvgIpc) is 3.05. The molecule has 2 aromatic carbocycles. The van der Waals surface area contributed by atoms with E-state index in [0.717, 1.165) is 23.0 Å². The Kier molecular flexibility index (Phi) is 13.1. The normalized spacial score (nSPS) is 15.3. The van der Waals surface area contributed by atoms with Crippen LogP contribution in [0.5, 0.6) is 5.75 Å². The highest BCUT2D eigenvalue weighted by atomic mass is 16.5. The summed E-state index contributed by atoms with van der Waals surface area (Å²) in [5, 5.41) is 2.90. The molecule has 2 amide bonds. The number of aryl methyl sites for hydroxylation is 2. The van der Waals surface area contributed by atoms with Crippen molar-refractivity contribution in [2.24, 2.45) is 5.41 Å². The predicted molar refractivity (Wildman–Crippen MR) is 174 cm³/mol. The van der Waals surface area contributed by atoms with Crippen LogP contribution in [-0.2, 0) is 39.9 Å². The summed E-state index contributed by atoms with van der Waals surface area (Å²) in [4.78, 5) is 65.7. The molecule has 1 fully saturated rings. The van der Waals surface area contributed by atoms with Crippen LogP contribution in [0.2, 0.25) is 0 Å². The van der Waals surface area contributed by atoms with Crippen LogP contribution in [0.3, 0.4) is 0 Å². The van der Waals surface area contributed by atoms with E-state index in [9.17, 15) is 24.0 Å². The molecular formula is C36H46N2O8. The van der Waals surface area contributed by atoms with Gasteiger partial charge in [0.25, 0.3) is 5.91 Å². The maximum atomic E-state index is 13.8. The molecule has 1 aliphatic heterocycles. The molecule has 1 aliphatic rings. The minimum Gasteiger partial charge on any atom is -0.496 e. The van der Waals surface area contributed by atoms with E-state index < -0.39 is 41.2 Å². The van der Waals surface area contributed by atoms with Crippen molar-refractivity contribution in [3.8, 4) is 5.75 Å². The maximum Gasteiger partial charge on any atom is 0.330 e. The maximum absolute atomic E-state index is 13.8. The number of amides is 2. The topological polar surface area (TPSA) is 128 Å². The average molecular weight is 635 g/mol. The SMILES string of the molecule is C=CC(=O)OCC(C)(C)C(=O)C(=O)N1CCCCC1C(=O)O[C@H](CCc1ccc(C)c(OC)c1)c1cccc(NC(=O)CCC)c1. The largest absolute Gasteiger partial charge is 0.496 e. The van der Waals surface area contributed by atoms with Crippen molar-refractivity contribution >= 4 is 35.2 Å². The molecule has 1 N–H and O–H groups in total. The number of carbonyl (C=O) groups excluding carboxylic acids is 5. The third-order valence-electron chi connectivity index (χ3n) is 8.03. The number of piperidine rings is 1. The standard InChI is InChI=1S/C36H46N2O8/c1-7-12-31(39)37-27-14-11-13-26(22-27)29(19-18-25-17-16-24(3)30(21-25)44-6)46-35(43)28-15-9-10-20-38(28)34(42)33(41)36(4,5)23-45-32(40)8-2/h8,11,13-14,16-17,21-22,28-29H,2,7,9-10,12,15,18-20,23H2,1,3-6H3,(H,37,39)/t28?,29-/m1/s1. The minimum absolute atomic E-state index is 0.108. The molecular weight excluding hydrogens is 588 g/mol. The van der Waals surface area contributed by atoms with Crippen LogP contribution in [-0.4, -0.2) is 60.7 Å². The van der Waals surface area contributed by atoms with Crippen LogP contribution in [0.1, 0.15) is 82.1 Å². The van der Waals surface area contributed by atoms with Gasteiger partial charge in [-0.2, -0.15) is 0 Å². The molecule has 2 aromatic rings. The summed E-state index contributed by atoms with van der Waals surface area (Å²) in [7, 11) is 1.62. The van der Waals surface area contributed by atoms with E-state index in [1.807, 2.05) is 38.1 Å². The molecule has 1 saturated heterocycles. The molecule has 46 heavy (non-hydrogen) atoms. The number of hydrogen-bond acceptors (Lipinski definition) is 8. The van der Waals surface area contributed by atoms with Crippen LogP contribution in [0.4, 0.5) is 5.69 Å². The lowest BCUT2D eigenvalue weighted by Gasteiger charge is -2.36. The third-order valence-corrected chi connectivity index (χ3v) is 8.03. The molecule has 10 nitrogen and oxygen atoms in total. The van der Waals surface area contributed by atoms with Crippen molar-refractivity contribution < 1.29 is 38.2 Å². The van der Waals surface area contributed by atoms with Crippen molar-refractivity contribution in [3.05, 3.63) is 71.8 Å². The Bertz CT molecular complexity index is 1430. The van der Waals surface area contributed by atoms with E-state index >= 15 is 0 Å². The van der Waals surface area contributed by atoms with Gasteiger partial charge in [0.2, 0.25) is 11.7 Å². The molecule has 1 unspecified atom stereocenters. The summed E-state index contributed by atoms with van der Waals surface area (Å²) in [6.07, 6.45) is 4.02. The van der Waals surface area contributed by atoms with Gasteiger partial charge in [0.05, 0.1) is 12.5 Å². The lowest BCUT2D eigenvalue weighted by atomic mass is 9.87. The molecule has 0 bridgehead atoms. The first-order chi connectivity index (χ1) is 21.9. The minimum atomic E-state index is -1.30. The van der Waals surface area contributed by atoms with E-state index in [2.05, 4.69) is 11.9 Å². The Labute approximate surface area is 271 Å². The number of rotatable bonds is 15. The molecule has 2 atom stereocenters. The number of hydrogen-bond donors (Lipinski definition) is 1. The fourth-order valence-corrected chi connectivity index (χ4v) is 5.31. The zero-order valence-corrected chi connectivity index (χ0v) is 27.6. The van der Waals surface area contributed by atoms with E-state index in [1.165, 1.54) is 18.7 Å². The van der Waals surface area contributed by atoms with Gasteiger partial charge >= 0.3 is 11.9 Å². The first-order valence-electron chi connectivity index (χ1n) is 15.8. The van der Waals surface area contributed by atoms with Gasteiger partial charge in [0, 0.05) is 24.7 Å². The fourth-order valence-electron chi connectivity index (χ4n) is 5.31. The van der Waals surface area contributed by atoms with Gasteiger partial charge in [-0.1, -0.05) is 37.8 Å². The number of nitrogens with one attached hydrogen (secondary N) is 1. The zero-order chi connectivity index (χ0) is 33.9. The van der Waals surface area contributed by atoms with E-state index in [4.69, 9.17) is 14.2 Å². The quantitative estimate of drug-likeness (QED) is 0.151. The Morgan fingerprint density at radius 3 is 2.57 bits per heavy atom. The Morgan fingerprint density at radius 2 is 1.87 bits per heavy atom. The number of anilines is 1. The number of nitrogens with zero attached hydrogens (tertiary/aromatic N) is 1. The van der Waals surface area contributed by atoms with Gasteiger partial charge in [0.1, 0.15) is 24.5 Å². The van der Waals surface area contributed by atoms with Crippen LogP contribution < -0.4 is 10.1 Å². The van der Waals surface area contributed by atoms with Gasteiger partial charge in [-0.15, -0.1) is 0 Å². The summed E-state index contributed by atoms with van der Waals surface area (Å²) in [5.41, 5.74) is 1.98. The van der Waals surface area contributed by atoms with Crippen LogP contribution in [0.25, 0.3) is 0 Å². The summed E-state index contributed by atoms with van der Waals surface area (Å²) in [5.74, 6) is -2.23. The van der Waals surface area contributed by atoms with Gasteiger partial charge in [-0.3, -0.25) is 14.4 Å². The van der Waals surface area contributed by atoms with Crippen LogP contribution in [0.15, 0.2) is 55.1 Å². The summed E-state index contributed by atoms with van der Waals surface area (Å²) in [6.45, 7) is 10.2. The van der Waals surface area contributed by atoms with Gasteiger partial charge < -0.3 is 24.4 Å². The molecule has 0 saturated carbocycles. The second-order valence-corrected chi connectivity index (χ2v) is 12.2. The molecule has 3 rings (SSSR count). The summed E-state index contributed by atoms with van der Waals surface area (Å²) in [6, 6.07) is 12.2. The van der Waals surface area contributed by atoms with Crippen LogP contribution >= 0.6 is 0 Å². The number of esters is 2. The number of likely N-dealkylation sites (tertiary alicyclic amines) is 1. The second kappa shape index (κ2) is 16.7. The first-order valence-corrected chi connectivity index (χ1v) is 15.8. The summed E-state index contributed by atoms with van der Waals surface area (Å²) < 4.78 is 16.7. The number of carbonyl (C=O) groups is 5. The highest BCUT2D eigenvalue weighted by molar-refractivity contribution is 6.38. The Hall–Kier alpha value is -4.47. The van der Waals surface area contributed by atoms with E-state index in [-0.39, 0.29) is 19.1 Å². The molecule has 0 spiro atoms. The highest BCUT2D eigenvalue weighted by Gasteiger charge is 2.42. The molecule has 1 heterocycles. The Morgan fingerprint density at radius 1 is 1.11 bits per heavy atom. The van der Waals surface area contributed by atoms with E-state index in [1.54, 1.807) is 25.3 Å². The second-order valence-electron chi connectivity index (χ2n) is 12.2. The molecule has 0 aliphatic carbocycles. The number of ether oxygens (including phenoxy) is 3. The number of methoxy groups -OCH3 is 1. The number of ketones is 1. The lowest BCUT2D eigenvalue weighted by Crippen LogP contribution is -2.53. The van der Waals surface area contributed by atoms with Crippen molar-refractivity contribution in [2.75, 3.05) is 25.6 Å². The predicted octanol–water partition coefficient (Wildman–Crippen LogP) is 5.66. The smallest absolute Gasteiger partial charge is 0.330 e. The van der Waals surface area contributed by atoms with Crippen molar-refractivity contribution in [1.29, 1.82) is 0 Å². The first kappa shape index (κ1) is 36.0. The monoisotopic (exact) mass is 634 g/mol. The van der Waals surface area contributed by atoms with E-state index in [0.29, 0.717) is 56.2 Å². The number of benzene rings is 2. The summed E-state index contributed by atoms with van der Waals surface area (Å²) >= 11 is 0. The molecule has 0 aromatic heterocycles. The number of Topliss-reactive ketones (excluding diaryl/α,β-unsaturated/α-hetero) is 1. The third kappa shape index (κ3) is 9.76. The fraction of sp³-hybridized carbons (Fsp3) is 0.472. The highest BCUT2D eigenvalue weighted by Crippen LogP contribution is 2.30. The molecule has 248 valence electrons. The van der Waals surface area contributed by atoms with Gasteiger partial charge in [-0.05, 0) is 94.2 Å². The van der Waals surface area contributed by atoms with Crippen molar-refractivity contribution in [3.63, 3.8) is 0 Å². The lowest BCUT2D eigenvalue weighted by molar-refractivity contribution is -0.165. The van der Waals surface area contributed by atoms with Crippen molar-refractivity contribution in [2.45, 2.75) is 84.8 Å². The van der Waals surface area contributed by atoms with Gasteiger partial charge in [-0.25, -0.2) is 9.59 Å².